The average Bonchev–Trinajstić information content (AvgIpc) is 2.66. The van der Waals surface area contributed by atoms with Crippen LogP contribution in [0.25, 0.3) is 0 Å². The molecule has 2 unspecified atom stereocenters. The van der Waals surface area contributed by atoms with Crippen LogP contribution in [0.1, 0.15) is 51.0 Å². The summed E-state index contributed by atoms with van der Waals surface area (Å²) >= 11 is 6.11. The predicted molar refractivity (Wildman–Crippen MR) is 116 cm³/mol. The van der Waals surface area contributed by atoms with Crippen molar-refractivity contribution in [2.75, 3.05) is 19.0 Å². The van der Waals surface area contributed by atoms with Gasteiger partial charge in [0.25, 0.3) is 5.91 Å². The molecular weight excluding hydrogens is 420 g/mol. The van der Waals surface area contributed by atoms with Gasteiger partial charge in [0, 0.05) is 23.6 Å². The first-order valence-corrected chi connectivity index (χ1v) is 11.1. The minimum Gasteiger partial charge on any atom is -0.495 e. The van der Waals surface area contributed by atoms with Crippen LogP contribution >= 0.6 is 11.6 Å². The van der Waals surface area contributed by atoms with E-state index >= 15 is 0 Å². The predicted octanol–water partition coefficient (Wildman–Crippen LogP) is 3.61. The van der Waals surface area contributed by atoms with E-state index in [1.54, 1.807) is 12.1 Å². The first kappa shape index (κ1) is 21.9. The van der Waals surface area contributed by atoms with Gasteiger partial charge < -0.3 is 20.1 Å². The van der Waals surface area contributed by atoms with Gasteiger partial charge in [0.05, 0.1) is 18.2 Å². The van der Waals surface area contributed by atoms with Gasteiger partial charge in [-0.3, -0.25) is 14.4 Å². The van der Waals surface area contributed by atoms with Crippen LogP contribution in [0.2, 0.25) is 5.02 Å². The number of carbonyl (C=O) groups is 3. The van der Waals surface area contributed by atoms with E-state index in [-0.39, 0.29) is 24.0 Å². The van der Waals surface area contributed by atoms with Crippen LogP contribution in [0.3, 0.4) is 0 Å². The molecule has 4 bridgehead atoms. The van der Waals surface area contributed by atoms with Crippen LogP contribution in [0.4, 0.5) is 5.69 Å². The van der Waals surface area contributed by atoms with Crippen molar-refractivity contribution in [3.63, 3.8) is 0 Å². The molecule has 1 aromatic carbocycles. The summed E-state index contributed by atoms with van der Waals surface area (Å²) in [6, 6.07) is 3.35. The topological polar surface area (TPSA) is 93.7 Å². The zero-order valence-corrected chi connectivity index (χ0v) is 18.9. The summed E-state index contributed by atoms with van der Waals surface area (Å²) in [5, 5.41) is 6.41. The number of rotatable bonds is 6. The Morgan fingerprint density at radius 1 is 1.16 bits per heavy atom. The Balaban J connectivity index is 1.42. The number of hydrogen-bond acceptors (Lipinski definition) is 5. The maximum atomic E-state index is 13.1. The molecule has 0 aliphatic heterocycles. The maximum absolute atomic E-state index is 13.1. The number of aryl methyl sites for hydroxylation is 1. The van der Waals surface area contributed by atoms with Crippen LogP contribution in [-0.4, -0.2) is 37.0 Å². The highest BCUT2D eigenvalue weighted by molar-refractivity contribution is 6.31. The Kier molecular flexibility index (Phi) is 5.66. The van der Waals surface area contributed by atoms with Crippen LogP contribution < -0.4 is 15.4 Å². The fourth-order valence-electron chi connectivity index (χ4n) is 6.42. The third-order valence-electron chi connectivity index (χ3n) is 7.02. The Labute approximate surface area is 187 Å². The molecule has 0 spiro atoms. The number of amides is 2. The van der Waals surface area contributed by atoms with Gasteiger partial charge in [0.2, 0.25) is 5.91 Å². The molecule has 7 nitrogen and oxygen atoms in total. The second-order valence-electron chi connectivity index (χ2n) is 9.63. The van der Waals surface area contributed by atoms with E-state index in [0.717, 1.165) is 37.7 Å². The van der Waals surface area contributed by atoms with E-state index in [4.69, 9.17) is 21.1 Å². The van der Waals surface area contributed by atoms with E-state index in [9.17, 15) is 14.4 Å². The van der Waals surface area contributed by atoms with Crippen molar-refractivity contribution in [2.24, 2.45) is 17.3 Å². The van der Waals surface area contributed by atoms with Crippen LogP contribution in [0, 0.1) is 24.2 Å². The number of hydrogen-bond donors (Lipinski definition) is 2. The van der Waals surface area contributed by atoms with E-state index in [1.165, 1.54) is 14.0 Å². The van der Waals surface area contributed by atoms with Crippen LogP contribution in [0.5, 0.6) is 5.75 Å². The molecule has 0 aromatic heterocycles. The van der Waals surface area contributed by atoms with Crippen molar-refractivity contribution in [1.29, 1.82) is 0 Å². The number of ether oxygens (including phenoxy) is 2. The number of anilines is 1. The molecule has 0 radical (unpaired) electrons. The zero-order valence-electron chi connectivity index (χ0n) is 18.2. The maximum Gasteiger partial charge on any atom is 0.312 e. The summed E-state index contributed by atoms with van der Waals surface area (Å²) in [5.41, 5.74) is 0.351. The van der Waals surface area contributed by atoms with E-state index in [1.807, 2.05) is 6.92 Å². The molecule has 4 fully saturated rings. The molecule has 31 heavy (non-hydrogen) atoms. The normalized spacial score (nSPS) is 30.6. The quantitative estimate of drug-likeness (QED) is 0.648. The highest BCUT2D eigenvalue weighted by atomic mass is 35.5. The van der Waals surface area contributed by atoms with Crippen LogP contribution in [0.15, 0.2) is 12.1 Å². The standard InChI is InChI=1S/C23H29ClN2O5/c1-13-4-18(19(30-3)6-17(13)24)25-20(28)11-31-21(29)22-7-15-5-16(8-22)10-23(9-15,12-22)26-14(2)27/h4,6,15-16H,5,7-12H2,1-3H3,(H,25,28)(H,26,27)/t15-,16+,22?,23?. The van der Waals surface area contributed by atoms with Gasteiger partial charge in [0.1, 0.15) is 5.75 Å². The first-order valence-electron chi connectivity index (χ1n) is 10.7. The number of esters is 1. The van der Waals surface area contributed by atoms with Gasteiger partial charge in [-0.25, -0.2) is 0 Å². The zero-order chi connectivity index (χ0) is 22.4. The molecule has 8 heteroatoms. The van der Waals surface area contributed by atoms with Crippen LogP contribution in [-0.2, 0) is 19.1 Å². The van der Waals surface area contributed by atoms with Gasteiger partial charge in [-0.1, -0.05) is 11.6 Å². The molecule has 4 aliphatic rings. The molecule has 4 aliphatic carbocycles. The first-order chi connectivity index (χ1) is 14.6. The van der Waals surface area contributed by atoms with Crippen molar-refractivity contribution in [2.45, 2.75) is 57.9 Å². The molecule has 0 saturated heterocycles. The smallest absolute Gasteiger partial charge is 0.312 e. The second kappa shape index (κ2) is 8.01. The summed E-state index contributed by atoms with van der Waals surface area (Å²) in [6.45, 7) is 2.99. The van der Waals surface area contributed by atoms with Crippen molar-refractivity contribution in [3.05, 3.63) is 22.7 Å². The van der Waals surface area contributed by atoms with Crippen molar-refractivity contribution < 1.29 is 23.9 Å². The van der Waals surface area contributed by atoms with Gasteiger partial charge in [-0.2, -0.15) is 0 Å². The number of carbonyl (C=O) groups excluding carboxylic acids is 3. The Hall–Kier alpha value is -2.28. The summed E-state index contributed by atoms with van der Waals surface area (Å²) in [6.07, 6.45) is 5.09. The molecule has 1 aromatic rings. The lowest BCUT2D eigenvalue weighted by Gasteiger charge is -2.60. The lowest BCUT2D eigenvalue weighted by atomic mass is 9.47. The summed E-state index contributed by atoms with van der Waals surface area (Å²) in [7, 11) is 1.49. The highest BCUT2D eigenvalue weighted by Crippen LogP contribution is 2.62. The molecule has 2 amide bonds. The van der Waals surface area contributed by atoms with Gasteiger partial charge in [-0.05, 0) is 68.9 Å². The van der Waals surface area contributed by atoms with E-state index < -0.39 is 11.3 Å². The fraction of sp³-hybridized carbons (Fsp3) is 0.609. The van der Waals surface area contributed by atoms with Crippen molar-refractivity contribution >= 4 is 35.1 Å². The van der Waals surface area contributed by atoms with Gasteiger partial charge in [-0.15, -0.1) is 0 Å². The molecule has 4 atom stereocenters. The van der Waals surface area contributed by atoms with Gasteiger partial charge >= 0.3 is 5.97 Å². The van der Waals surface area contributed by atoms with Gasteiger partial charge in [0.15, 0.2) is 6.61 Å². The van der Waals surface area contributed by atoms with E-state index in [0.29, 0.717) is 34.7 Å². The summed E-state index contributed by atoms with van der Waals surface area (Å²) < 4.78 is 10.8. The lowest BCUT2D eigenvalue weighted by Crippen LogP contribution is -2.64. The molecule has 4 saturated carbocycles. The average molecular weight is 449 g/mol. The van der Waals surface area contributed by atoms with Crippen molar-refractivity contribution in [1.82, 2.24) is 5.32 Å². The molecule has 5 rings (SSSR count). The largest absolute Gasteiger partial charge is 0.495 e. The minimum absolute atomic E-state index is 0.0583. The highest BCUT2D eigenvalue weighted by Gasteiger charge is 2.61. The number of benzene rings is 1. The second-order valence-corrected chi connectivity index (χ2v) is 10.0. The lowest BCUT2D eigenvalue weighted by molar-refractivity contribution is -0.176. The third-order valence-corrected chi connectivity index (χ3v) is 7.43. The third kappa shape index (κ3) is 4.25. The summed E-state index contributed by atoms with van der Waals surface area (Å²) in [4.78, 5) is 37.4. The molecule has 2 N–H and O–H groups in total. The van der Waals surface area contributed by atoms with Crippen molar-refractivity contribution in [3.8, 4) is 5.75 Å². The molecule has 0 heterocycles. The molecular formula is C23H29ClN2O5. The fourth-order valence-corrected chi connectivity index (χ4v) is 6.57. The summed E-state index contributed by atoms with van der Waals surface area (Å²) in [5.74, 6) is 0.442. The molecule has 168 valence electrons. The number of nitrogens with one attached hydrogen (secondary N) is 2. The Morgan fingerprint density at radius 2 is 1.84 bits per heavy atom. The number of halogens is 1. The monoisotopic (exact) mass is 448 g/mol. The number of methoxy groups -OCH3 is 1. The SMILES string of the molecule is COc1cc(Cl)c(C)cc1NC(=O)COC(=O)C12C[C@@H]3C[C@@H](CC(NC(C)=O)(C3)C1)C2. The van der Waals surface area contributed by atoms with E-state index in [2.05, 4.69) is 10.6 Å². The minimum atomic E-state index is -0.610. The Bertz CT molecular complexity index is 917. The Morgan fingerprint density at radius 3 is 2.45 bits per heavy atom.